The molecule has 16 heavy (non-hydrogen) atoms. The molecule has 1 aliphatic carbocycles. The summed E-state index contributed by atoms with van der Waals surface area (Å²) < 4.78 is 0. The lowest BCUT2D eigenvalue weighted by Crippen LogP contribution is -2.33. The Balaban J connectivity index is 1.67. The zero-order valence-corrected chi connectivity index (χ0v) is 11.8. The van der Waals surface area contributed by atoms with Gasteiger partial charge in [-0.1, -0.05) is 12.8 Å². The second kappa shape index (κ2) is 5.56. The van der Waals surface area contributed by atoms with Crippen molar-refractivity contribution in [3.63, 3.8) is 0 Å². The van der Waals surface area contributed by atoms with Crippen LogP contribution in [0.25, 0.3) is 0 Å². The summed E-state index contributed by atoms with van der Waals surface area (Å²) in [7, 11) is 0. The number of hydrogen-bond acceptors (Lipinski definition) is 2. The molecule has 0 radical (unpaired) electrons. The molecule has 2 heteroatoms. The smallest absolute Gasteiger partial charge is 0.00786 e. The fourth-order valence-electron chi connectivity index (χ4n) is 3.99. The topological polar surface area (TPSA) is 0 Å². The highest BCUT2D eigenvalue weighted by Gasteiger charge is 2.38. The first-order chi connectivity index (χ1) is 7.95. The molecule has 0 nitrogen and oxygen atoms in total. The van der Waals surface area contributed by atoms with E-state index < -0.39 is 0 Å². The predicted octanol–water partition coefficient (Wildman–Crippen LogP) is 4.58. The first-order valence-corrected chi connectivity index (χ1v) is 9.28. The molecule has 1 saturated carbocycles. The number of rotatable bonds is 2. The Morgan fingerprint density at radius 1 is 0.562 bits per heavy atom. The summed E-state index contributed by atoms with van der Waals surface area (Å²) in [5.41, 5.74) is 0. The molecule has 0 aromatic heterocycles. The van der Waals surface area contributed by atoms with Gasteiger partial charge in [-0.15, -0.1) is 0 Å². The Morgan fingerprint density at radius 2 is 1.06 bits per heavy atom. The minimum atomic E-state index is 1.05. The van der Waals surface area contributed by atoms with E-state index in [1.54, 1.807) is 12.8 Å². The van der Waals surface area contributed by atoms with E-state index in [2.05, 4.69) is 23.5 Å². The van der Waals surface area contributed by atoms with Crippen molar-refractivity contribution in [3.05, 3.63) is 0 Å². The van der Waals surface area contributed by atoms with Gasteiger partial charge in [0.05, 0.1) is 0 Å². The van der Waals surface area contributed by atoms with Crippen LogP contribution in [0.2, 0.25) is 0 Å². The molecule has 0 spiro atoms. The van der Waals surface area contributed by atoms with Crippen molar-refractivity contribution in [3.8, 4) is 0 Å². The van der Waals surface area contributed by atoms with Crippen LogP contribution in [0.5, 0.6) is 0 Å². The van der Waals surface area contributed by atoms with Gasteiger partial charge in [0, 0.05) is 10.5 Å². The van der Waals surface area contributed by atoms with Gasteiger partial charge in [-0.05, 0) is 61.9 Å². The molecule has 2 aliphatic heterocycles. The van der Waals surface area contributed by atoms with Crippen molar-refractivity contribution in [2.75, 3.05) is 11.5 Å². The average Bonchev–Trinajstić information content (AvgIpc) is 3.03. The third-order valence-electron chi connectivity index (χ3n) is 4.76. The van der Waals surface area contributed by atoms with Crippen LogP contribution < -0.4 is 0 Å². The van der Waals surface area contributed by atoms with Crippen molar-refractivity contribution in [1.29, 1.82) is 0 Å². The van der Waals surface area contributed by atoms with Gasteiger partial charge in [0.2, 0.25) is 0 Å². The standard InChI is InChI=1S/C14H24S2/c1-2-6-12(14-8-4-10-16-14)11(5-1)13-7-3-9-15-13/h11-14H,1-10H2. The van der Waals surface area contributed by atoms with Gasteiger partial charge in [0.15, 0.2) is 0 Å². The molecule has 2 saturated heterocycles. The van der Waals surface area contributed by atoms with Gasteiger partial charge >= 0.3 is 0 Å². The van der Waals surface area contributed by atoms with Crippen LogP contribution in [-0.2, 0) is 0 Å². The summed E-state index contributed by atoms with van der Waals surface area (Å²) in [5, 5.41) is 2.10. The first kappa shape index (κ1) is 11.8. The number of thioether (sulfide) groups is 2. The lowest BCUT2D eigenvalue weighted by Gasteiger charge is -2.38. The quantitative estimate of drug-likeness (QED) is 0.709. The molecule has 3 fully saturated rings. The van der Waals surface area contributed by atoms with Crippen LogP contribution >= 0.6 is 23.5 Å². The molecule has 3 rings (SSSR count). The van der Waals surface area contributed by atoms with E-state index in [0.717, 1.165) is 22.3 Å². The maximum atomic E-state index is 2.30. The van der Waals surface area contributed by atoms with Gasteiger partial charge < -0.3 is 0 Å². The normalized spacial score (nSPS) is 45.0. The average molecular weight is 256 g/mol. The van der Waals surface area contributed by atoms with E-state index in [4.69, 9.17) is 0 Å². The van der Waals surface area contributed by atoms with E-state index in [9.17, 15) is 0 Å². The van der Waals surface area contributed by atoms with Crippen LogP contribution in [0.3, 0.4) is 0 Å². The van der Waals surface area contributed by atoms with Crippen LogP contribution in [0.15, 0.2) is 0 Å². The fraction of sp³-hybridized carbons (Fsp3) is 1.00. The molecule has 3 aliphatic rings. The van der Waals surface area contributed by atoms with E-state index in [1.807, 2.05) is 0 Å². The second-order valence-corrected chi connectivity index (χ2v) is 8.41. The first-order valence-electron chi connectivity index (χ1n) is 7.18. The van der Waals surface area contributed by atoms with Crippen LogP contribution in [0, 0.1) is 11.8 Å². The lowest BCUT2D eigenvalue weighted by molar-refractivity contribution is 0.222. The SMILES string of the molecule is C1CSC(C2CCCCC2C2CCCS2)C1. The van der Waals surface area contributed by atoms with E-state index in [1.165, 1.54) is 50.0 Å². The summed E-state index contributed by atoms with van der Waals surface area (Å²) in [4.78, 5) is 0. The van der Waals surface area contributed by atoms with E-state index in [0.29, 0.717) is 0 Å². The van der Waals surface area contributed by atoms with Gasteiger partial charge in [-0.2, -0.15) is 23.5 Å². The van der Waals surface area contributed by atoms with Crippen LogP contribution in [-0.4, -0.2) is 22.0 Å². The molecule has 92 valence electrons. The van der Waals surface area contributed by atoms with E-state index in [-0.39, 0.29) is 0 Å². The maximum absolute atomic E-state index is 2.30. The molecular formula is C14H24S2. The van der Waals surface area contributed by atoms with Crippen molar-refractivity contribution in [2.45, 2.75) is 61.9 Å². The molecule has 0 bridgehead atoms. The molecule has 2 heterocycles. The molecule has 0 aromatic rings. The highest BCUT2D eigenvalue weighted by Crippen LogP contribution is 2.48. The Hall–Kier alpha value is 0.700. The molecule has 0 amide bonds. The maximum Gasteiger partial charge on any atom is 0.00786 e. The molecule has 0 aromatic carbocycles. The predicted molar refractivity (Wildman–Crippen MR) is 76.4 cm³/mol. The highest BCUT2D eigenvalue weighted by molar-refractivity contribution is 8.00. The minimum Gasteiger partial charge on any atom is -0.158 e. The molecule has 4 unspecified atom stereocenters. The lowest BCUT2D eigenvalue weighted by atomic mass is 9.74. The third kappa shape index (κ3) is 2.43. The summed E-state index contributed by atoms with van der Waals surface area (Å²) in [5.74, 6) is 5.09. The summed E-state index contributed by atoms with van der Waals surface area (Å²) in [6, 6.07) is 0. The summed E-state index contributed by atoms with van der Waals surface area (Å²) >= 11 is 4.60. The zero-order chi connectivity index (χ0) is 10.8. The van der Waals surface area contributed by atoms with Crippen LogP contribution in [0.1, 0.15) is 51.4 Å². The largest absolute Gasteiger partial charge is 0.158 e. The molecular weight excluding hydrogens is 232 g/mol. The van der Waals surface area contributed by atoms with Crippen LogP contribution in [0.4, 0.5) is 0 Å². The highest BCUT2D eigenvalue weighted by atomic mass is 32.2. The van der Waals surface area contributed by atoms with Crippen molar-refractivity contribution in [2.24, 2.45) is 11.8 Å². The Morgan fingerprint density at radius 3 is 1.44 bits per heavy atom. The second-order valence-electron chi connectivity index (χ2n) is 5.72. The van der Waals surface area contributed by atoms with Gasteiger partial charge in [0.25, 0.3) is 0 Å². The number of hydrogen-bond donors (Lipinski definition) is 0. The minimum absolute atomic E-state index is 1.05. The van der Waals surface area contributed by atoms with Gasteiger partial charge in [-0.25, -0.2) is 0 Å². The van der Waals surface area contributed by atoms with Gasteiger partial charge in [-0.3, -0.25) is 0 Å². The fourth-order valence-corrected chi connectivity index (χ4v) is 7.10. The van der Waals surface area contributed by atoms with Crippen molar-refractivity contribution >= 4 is 23.5 Å². The molecule has 0 N–H and O–H groups in total. The Labute approximate surface area is 109 Å². The Kier molecular flexibility index (Phi) is 4.09. The zero-order valence-electron chi connectivity index (χ0n) is 10.2. The molecule has 4 atom stereocenters. The van der Waals surface area contributed by atoms with E-state index >= 15 is 0 Å². The van der Waals surface area contributed by atoms with Gasteiger partial charge in [0.1, 0.15) is 0 Å². The Bertz CT molecular complexity index is 193. The van der Waals surface area contributed by atoms with Crippen molar-refractivity contribution < 1.29 is 0 Å². The monoisotopic (exact) mass is 256 g/mol. The van der Waals surface area contributed by atoms with Crippen molar-refractivity contribution in [1.82, 2.24) is 0 Å². The summed E-state index contributed by atoms with van der Waals surface area (Å²) in [6.07, 6.45) is 12.2. The summed E-state index contributed by atoms with van der Waals surface area (Å²) in [6.45, 7) is 0. The third-order valence-corrected chi connectivity index (χ3v) is 7.84.